The molecule has 0 N–H and O–H groups in total. The predicted molar refractivity (Wildman–Crippen MR) is 218 cm³/mol. The van der Waals surface area contributed by atoms with E-state index in [1.165, 1.54) is 43.7 Å². The van der Waals surface area contributed by atoms with Crippen molar-refractivity contribution in [1.29, 1.82) is 0 Å². The number of hydrogen-bond acceptors (Lipinski definition) is 3. The zero-order chi connectivity index (χ0) is 34.8. The lowest BCUT2D eigenvalue weighted by Crippen LogP contribution is -2.03. The second-order valence-corrected chi connectivity index (χ2v) is 13.1. The normalized spacial score (nSPS) is 12.1. The van der Waals surface area contributed by atoms with Crippen LogP contribution in [0.3, 0.4) is 0 Å². The molecule has 5 heteroatoms. The Kier molecular flexibility index (Phi) is 6.80. The quantitative estimate of drug-likeness (QED) is 0.163. The molecule has 0 radical (unpaired) electrons. The molecule has 0 aliphatic carbocycles. The average molecular weight is 669 g/mol. The van der Waals surface area contributed by atoms with Gasteiger partial charge in [-0.25, -0.2) is 0 Å². The van der Waals surface area contributed by atoms with E-state index in [1.807, 2.05) is 24.3 Å². The minimum atomic E-state index is 0.624. The van der Waals surface area contributed by atoms with Crippen molar-refractivity contribution in [1.82, 2.24) is 9.13 Å². The largest absolute Gasteiger partial charge is 0.452 e. The Hall–Kier alpha value is -6.98. The third-order valence-electron chi connectivity index (χ3n) is 10.3. The van der Waals surface area contributed by atoms with Crippen molar-refractivity contribution in [2.75, 3.05) is 7.05 Å². The number of fused-ring (bicyclic) bond motifs is 7. The van der Waals surface area contributed by atoms with Gasteiger partial charge in [0, 0.05) is 50.9 Å². The SMILES string of the molecule is C=Nc1c(/C(=N\C)c2ccc(-n3c4ccccc4c4cc(-c5ccc6c(c5)c5ccccc5n6-c5ccccc5)ccc43)cc2)oc2ccccc12. The molecule has 0 saturated carbocycles. The Bertz CT molecular complexity index is 3030. The molecule has 0 spiro atoms. The number of aromatic nitrogens is 2. The summed E-state index contributed by atoms with van der Waals surface area (Å²) < 4.78 is 11.0. The fourth-order valence-electron chi connectivity index (χ4n) is 7.92. The first-order valence-electron chi connectivity index (χ1n) is 17.4. The molecule has 0 unspecified atom stereocenters. The zero-order valence-electron chi connectivity index (χ0n) is 28.5. The number of hydrogen-bond donors (Lipinski definition) is 0. The molecule has 52 heavy (non-hydrogen) atoms. The van der Waals surface area contributed by atoms with Crippen molar-refractivity contribution >= 4 is 72.7 Å². The molecular formula is C47H32N4O. The number of rotatable bonds is 6. The van der Waals surface area contributed by atoms with Crippen molar-refractivity contribution in [2.24, 2.45) is 9.98 Å². The maximum atomic E-state index is 6.26. The lowest BCUT2D eigenvalue weighted by atomic mass is 10.0. The number of aliphatic imine (C=N–C) groups is 2. The van der Waals surface area contributed by atoms with Gasteiger partial charge in [0.2, 0.25) is 0 Å². The van der Waals surface area contributed by atoms with Crippen LogP contribution in [-0.2, 0) is 0 Å². The fourth-order valence-corrected chi connectivity index (χ4v) is 7.92. The van der Waals surface area contributed by atoms with Crippen molar-refractivity contribution in [3.05, 3.63) is 175 Å². The van der Waals surface area contributed by atoms with E-state index >= 15 is 0 Å². The zero-order valence-corrected chi connectivity index (χ0v) is 28.5. The molecule has 7 aromatic carbocycles. The van der Waals surface area contributed by atoms with Crippen LogP contribution in [0.15, 0.2) is 178 Å². The van der Waals surface area contributed by atoms with Crippen LogP contribution in [0.4, 0.5) is 5.69 Å². The molecule has 0 aliphatic heterocycles. The summed E-state index contributed by atoms with van der Waals surface area (Å²) in [5.74, 6) is 0.624. The van der Waals surface area contributed by atoms with Gasteiger partial charge in [-0.1, -0.05) is 91.0 Å². The first-order chi connectivity index (χ1) is 25.7. The van der Waals surface area contributed by atoms with Gasteiger partial charge in [0.1, 0.15) is 17.0 Å². The maximum absolute atomic E-state index is 6.26. The summed E-state index contributed by atoms with van der Waals surface area (Å²) in [6.07, 6.45) is 0. The highest BCUT2D eigenvalue weighted by atomic mass is 16.3. The van der Waals surface area contributed by atoms with Crippen molar-refractivity contribution in [2.45, 2.75) is 0 Å². The molecule has 5 nitrogen and oxygen atoms in total. The van der Waals surface area contributed by atoms with Crippen LogP contribution in [0.25, 0.3) is 77.1 Å². The fraction of sp³-hybridized carbons (Fsp3) is 0.0213. The smallest absolute Gasteiger partial charge is 0.179 e. The van der Waals surface area contributed by atoms with Gasteiger partial charge in [0.15, 0.2) is 5.76 Å². The Balaban J connectivity index is 1.08. The molecule has 0 atom stereocenters. The van der Waals surface area contributed by atoms with Gasteiger partial charge in [-0.15, -0.1) is 0 Å². The molecule has 0 saturated heterocycles. The summed E-state index contributed by atoms with van der Waals surface area (Å²) in [5, 5.41) is 5.84. The van der Waals surface area contributed by atoms with E-state index in [2.05, 4.69) is 165 Å². The summed E-state index contributed by atoms with van der Waals surface area (Å²) in [4.78, 5) is 8.96. The monoisotopic (exact) mass is 668 g/mol. The van der Waals surface area contributed by atoms with Gasteiger partial charge < -0.3 is 13.6 Å². The van der Waals surface area contributed by atoms with Gasteiger partial charge in [-0.2, -0.15) is 0 Å². The second-order valence-electron chi connectivity index (χ2n) is 13.1. The van der Waals surface area contributed by atoms with Crippen LogP contribution in [-0.4, -0.2) is 28.6 Å². The highest BCUT2D eigenvalue weighted by Gasteiger charge is 2.20. The molecule has 0 amide bonds. The number of benzene rings is 7. The summed E-state index contributed by atoms with van der Waals surface area (Å²) in [7, 11) is 1.78. The van der Waals surface area contributed by atoms with E-state index in [1.54, 1.807) is 7.05 Å². The van der Waals surface area contributed by atoms with Crippen LogP contribution in [0.5, 0.6) is 0 Å². The van der Waals surface area contributed by atoms with Crippen molar-refractivity contribution in [3.63, 3.8) is 0 Å². The molecule has 0 aliphatic rings. The minimum absolute atomic E-state index is 0.624. The first kappa shape index (κ1) is 29.9. The maximum Gasteiger partial charge on any atom is 0.179 e. The van der Waals surface area contributed by atoms with E-state index in [0.717, 1.165) is 44.7 Å². The van der Waals surface area contributed by atoms with Gasteiger partial charge in [0.05, 0.1) is 22.1 Å². The number of para-hydroxylation sites is 4. The molecule has 246 valence electrons. The van der Waals surface area contributed by atoms with Crippen LogP contribution in [0.2, 0.25) is 0 Å². The Labute approximate surface area is 300 Å². The van der Waals surface area contributed by atoms with Crippen LogP contribution >= 0.6 is 0 Å². The summed E-state index contributed by atoms with van der Waals surface area (Å²) in [6, 6.07) is 58.0. The van der Waals surface area contributed by atoms with E-state index in [4.69, 9.17) is 4.42 Å². The average Bonchev–Trinajstić information content (AvgIpc) is 3.86. The highest BCUT2D eigenvalue weighted by molar-refractivity contribution is 6.18. The third kappa shape index (κ3) is 4.49. The van der Waals surface area contributed by atoms with Crippen LogP contribution < -0.4 is 0 Å². The topological polar surface area (TPSA) is 47.7 Å². The van der Waals surface area contributed by atoms with Gasteiger partial charge in [-0.05, 0) is 90.6 Å². The molecule has 0 bridgehead atoms. The predicted octanol–water partition coefficient (Wildman–Crippen LogP) is 12.1. The second kappa shape index (κ2) is 11.8. The lowest BCUT2D eigenvalue weighted by molar-refractivity contribution is 0.606. The molecule has 10 rings (SSSR count). The summed E-state index contributed by atoms with van der Waals surface area (Å²) in [6.45, 7) is 3.82. The lowest BCUT2D eigenvalue weighted by Gasteiger charge is -2.11. The van der Waals surface area contributed by atoms with Crippen LogP contribution in [0.1, 0.15) is 11.3 Å². The van der Waals surface area contributed by atoms with Gasteiger partial charge in [-0.3, -0.25) is 9.98 Å². The summed E-state index contributed by atoms with van der Waals surface area (Å²) >= 11 is 0. The highest BCUT2D eigenvalue weighted by Crippen LogP contribution is 2.39. The Morgan fingerprint density at radius 1 is 0.500 bits per heavy atom. The Morgan fingerprint density at radius 2 is 1.00 bits per heavy atom. The molecule has 3 heterocycles. The summed E-state index contributed by atoms with van der Waals surface area (Å²) in [5.41, 5.74) is 12.5. The van der Waals surface area contributed by atoms with E-state index in [-0.39, 0.29) is 0 Å². The van der Waals surface area contributed by atoms with Gasteiger partial charge >= 0.3 is 0 Å². The Morgan fingerprint density at radius 3 is 1.58 bits per heavy atom. The third-order valence-corrected chi connectivity index (χ3v) is 10.3. The van der Waals surface area contributed by atoms with E-state index in [9.17, 15) is 0 Å². The van der Waals surface area contributed by atoms with Crippen LogP contribution in [0, 0.1) is 0 Å². The van der Waals surface area contributed by atoms with E-state index in [0.29, 0.717) is 11.4 Å². The number of nitrogens with zero attached hydrogens (tertiary/aromatic N) is 4. The number of furan rings is 1. The van der Waals surface area contributed by atoms with E-state index < -0.39 is 0 Å². The van der Waals surface area contributed by atoms with Crippen molar-refractivity contribution in [3.8, 4) is 22.5 Å². The van der Waals surface area contributed by atoms with Gasteiger partial charge in [0.25, 0.3) is 0 Å². The first-order valence-corrected chi connectivity index (χ1v) is 17.4. The van der Waals surface area contributed by atoms with Crippen molar-refractivity contribution < 1.29 is 4.42 Å². The standard InChI is InChI=1S/C47H32N4O/c1-48-45(47-46(49-2)37-16-8-11-19-44(37)52-47)30-20-24-34(25-21-30)51-41-18-10-7-15-36(41)39-29-32(23-27-43(39)51)31-22-26-42-38(28-31)35-14-6-9-17-40(35)50(42)33-12-4-3-5-13-33/h3-29H,2H2,1H3/b48-45-. The molecule has 0 fully saturated rings. The minimum Gasteiger partial charge on any atom is -0.452 e. The molecule has 3 aromatic heterocycles. The molecular weight excluding hydrogens is 637 g/mol. The molecule has 10 aromatic rings.